The molecule has 0 bridgehead atoms. The van der Waals surface area contributed by atoms with Gasteiger partial charge in [-0.15, -0.1) is 11.3 Å². The molecule has 1 aromatic rings. The first-order chi connectivity index (χ1) is 7.40. The summed E-state index contributed by atoms with van der Waals surface area (Å²) < 4.78 is 0. The fourth-order valence-electron chi connectivity index (χ4n) is 2.10. The molecule has 0 saturated carbocycles. The van der Waals surface area contributed by atoms with Crippen molar-refractivity contribution < 1.29 is 0 Å². The lowest BCUT2D eigenvalue weighted by Crippen LogP contribution is -2.11. The van der Waals surface area contributed by atoms with Gasteiger partial charge in [-0.1, -0.05) is 27.7 Å². The van der Waals surface area contributed by atoms with Crippen molar-refractivity contribution >= 4 is 28.1 Å². The van der Waals surface area contributed by atoms with Crippen LogP contribution in [0.3, 0.4) is 0 Å². The molecule has 1 heterocycles. The van der Waals surface area contributed by atoms with Crippen molar-refractivity contribution in [1.82, 2.24) is 0 Å². The Balaban J connectivity index is 2.34. The van der Waals surface area contributed by atoms with Crippen LogP contribution in [0.2, 0.25) is 0 Å². The molecule has 92 valence electrons. The molecule has 0 fully saturated rings. The van der Waals surface area contributed by atoms with E-state index < -0.39 is 0 Å². The lowest BCUT2D eigenvalue weighted by molar-refractivity contribution is 0.297. The van der Waals surface area contributed by atoms with Crippen LogP contribution in [0.1, 0.15) is 45.4 Å². The summed E-state index contributed by atoms with van der Waals surface area (Å²) in [5.41, 5.74) is 0.442. The Kier molecular flexibility index (Phi) is 5.13. The van der Waals surface area contributed by atoms with E-state index in [0.717, 1.165) is 10.9 Å². The highest BCUT2D eigenvalue weighted by Crippen LogP contribution is 2.29. The van der Waals surface area contributed by atoms with Gasteiger partial charge in [0.05, 0.1) is 0 Å². The Morgan fingerprint density at radius 2 is 2.06 bits per heavy atom. The highest BCUT2D eigenvalue weighted by molar-refractivity contribution is 7.16. The van der Waals surface area contributed by atoms with E-state index in [1.54, 1.807) is 11.3 Å². The van der Waals surface area contributed by atoms with Crippen molar-refractivity contribution in [1.29, 1.82) is 0 Å². The molecule has 0 aliphatic heterocycles. The molecule has 0 aliphatic carbocycles. The van der Waals surface area contributed by atoms with Gasteiger partial charge in [-0.25, -0.2) is 0 Å². The zero-order valence-corrected chi connectivity index (χ0v) is 12.2. The number of halogens is 1. The summed E-state index contributed by atoms with van der Waals surface area (Å²) in [5.74, 6) is 0.787. The predicted molar refractivity (Wildman–Crippen MR) is 75.4 cm³/mol. The normalized spacial score (nSPS) is 13.8. The number of anilines is 1. The number of hydrogen-bond donors (Lipinski definition) is 1. The molecule has 0 spiro atoms. The first kappa shape index (κ1) is 13.9. The molecule has 3 heteroatoms. The maximum Gasteiger partial charge on any atom is 0.103 e. The van der Waals surface area contributed by atoms with Gasteiger partial charge < -0.3 is 0 Å². The number of aryl methyl sites for hydroxylation is 1. The molecule has 0 radical (unpaired) electrons. The zero-order chi connectivity index (χ0) is 12.2. The summed E-state index contributed by atoms with van der Waals surface area (Å²) in [5, 5.41) is 1.04. The number of rotatable bonds is 5. The Labute approximate surface area is 108 Å². The van der Waals surface area contributed by atoms with Crippen LogP contribution in [0.5, 0.6) is 0 Å². The summed E-state index contributed by atoms with van der Waals surface area (Å²) in [4.78, 5) is 4.08. The van der Waals surface area contributed by atoms with Gasteiger partial charge in [0.15, 0.2) is 0 Å². The van der Waals surface area contributed by atoms with Crippen LogP contribution in [-0.4, -0.2) is 0 Å². The van der Waals surface area contributed by atoms with Crippen molar-refractivity contribution in [3.8, 4) is 0 Å². The Morgan fingerprint density at radius 3 is 2.56 bits per heavy atom. The summed E-state index contributed by atoms with van der Waals surface area (Å²) in [6.07, 6.45) is 3.72. The Morgan fingerprint density at radius 1 is 1.38 bits per heavy atom. The standard InChI is InChI=1S/C13H22ClNS/c1-10(9-13(2,3)4)5-6-11-7-8-12(15-14)16-11/h7-8,10,15H,5-6,9H2,1-4H3. The summed E-state index contributed by atoms with van der Waals surface area (Å²) in [7, 11) is 0. The van der Waals surface area contributed by atoms with E-state index in [0.29, 0.717) is 5.41 Å². The SMILES string of the molecule is CC(CCc1ccc(NCl)s1)CC(C)(C)C. The van der Waals surface area contributed by atoms with Gasteiger partial charge in [0.25, 0.3) is 0 Å². The van der Waals surface area contributed by atoms with Gasteiger partial charge in [-0.3, -0.25) is 4.84 Å². The van der Waals surface area contributed by atoms with Crippen LogP contribution in [-0.2, 0) is 6.42 Å². The van der Waals surface area contributed by atoms with Crippen LogP contribution < -0.4 is 4.84 Å². The molecule has 1 aromatic heterocycles. The monoisotopic (exact) mass is 259 g/mol. The molecule has 0 aliphatic rings. The van der Waals surface area contributed by atoms with Gasteiger partial charge >= 0.3 is 0 Å². The minimum atomic E-state index is 0.442. The topological polar surface area (TPSA) is 12.0 Å². The minimum absolute atomic E-state index is 0.442. The van der Waals surface area contributed by atoms with Crippen molar-refractivity contribution in [3.63, 3.8) is 0 Å². The largest absolute Gasteiger partial charge is 0.290 e. The van der Waals surface area contributed by atoms with Crippen LogP contribution in [0.15, 0.2) is 12.1 Å². The molecule has 0 saturated heterocycles. The molecule has 0 amide bonds. The second-order valence-electron chi connectivity index (χ2n) is 5.77. The molecule has 1 unspecified atom stereocenters. The van der Waals surface area contributed by atoms with E-state index in [1.807, 2.05) is 6.07 Å². The smallest absolute Gasteiger partial charge is 0.103 e. The fourth-order valence-corrected chi connectivity index (χ4v) is 3.09. The molecule has 16 heavy (non-hydrogen) atoms. The van der Waals surface area contributed by atoms with Gasteiger partial charge in [0, 0.05) is 16.7 Å². The van der Waals surface area contributed by atoms with E-state index in [9.17, 15) is 0 Å². The third-order valence-corrected chi connectivity index (χ3v) is 3.98. The minimum Gasteiger partial charge on any atom is -0.290 e. The van der Waals surface area contributed by atoms with Crippen LogP contribution in [0, 0.1) is 11.3 Å². The van der Waals surface area contributed by atoms with Crippen LogP contribution >= 0.6 is 23.1 Å². The van der Waals surface area contributed by atoms with E-state index in [-0.39, 0.29) is 0 Å². The number of hydrogen-bond acceptors (Lipinski definition) is 2. The van der Waals surface area contributed by atoms with Gasteiger partial charge in [-0.2, -0.15) is 0 Å². The van der Waals surface area contributed by atoms with Gasteiger partial charge in [-0.05, 0) is 42.7 Å². The highest BCUT2D eigenvalue weighted by Gasteiger charge is 2.15. The quantitative estimate of drug-likeness (QED) is 0.706. The summed E-state index contributed by atoms with van der Waals surface area (Å²) in [6.45, 7) is 9.28. The second kappa shape index (κ2) is 5.92. The molecule has 1 nitrogen and oxygen atoms in total. The molecular weight excluding hydrogens is 238 g/mol. The first-order valence-electron chi connectivity index (χ1n) is 5.86. The van der Waals surface area contributed by atoms with Crippen molar-refractivity contribution in [2.45, 2.75) is 47.0 Å². The second-order valence-corrected chi connectivity index (χ2v) is 7.13. The average Bonchev–Trinajstić information content (AvgIpc) is 2.59. The third kappa shape index (κ3) is 5.22. The summed E-state index contributed by atoms with van der Waals surface area (Å²) >= 11 is 7.30. The van der Waals surface area contributed by atoms with E-state index >= 15 is 0 Å². The zero-order valence-electron chi connectivity index (χ0n) is 10.6. The highest BCUT2D eigenvalue weighted by atomic mass is 35.5. The van der Waals surface area contributed by atoms with Crippen LogP contribution in [0.4, 0.5) is 5.00 Å². The maximum absolute atomic E-state index is 5.55. The molecular formula is C13H22ClNS. The Bertz CT molecular complexity index is 314. The number of thiophene rings is 1. The van der Waals surface area contributed by atoms with Crippen molar-refractivity contribution in [2.24, 2.45) is 11.3 Å². The van der Waals surface area contributed by atoms with Gasteiger partial charge in [0.2, 0.25) is 0 Å². The molecule has 0 aromatic carbocycles. The van der Waals surface area contributed by atoms with Crippen molar-refractivity contribution in [2.75, 3.05) is 4.84 Å². The lowest BCUT2D eigenvalue weighted by atomic mass is 9.83. The molecule has 1 rings (SSSR count). The predicted octanol–water partition coefficient (Wildman–Crippen LogP) is 5.32. The first-order valence-corrected chi connectivity index (χ1v) is 7.05. The van der Waals surface area contributed by atoms with Crippen molar-refractivity contribution in [3.05, 3.63) is 17.0 Å². The molecule has 1 atom stereocenters. The number of nitrogens with one attached hydrogen (secondary N) is 1. The van der Waals surface area contributed by atoms with E-state index in [1.165, 1.54) is 24.1 Å². The maximum atomic E-state index is 5.55. The Hall–Kier alpha value is -0.210. The van der Waals surface area contributed by atoms with Gasteiger partial charge in [0.1, 0.15) is 5.00 Å². The average molecular weight is 260 g/mol. The fraction of sp³-hybridized carbons (Fsp3) is 0.692. The lowest BCUT2D eigenvalue weighted by Gasteiger charge is -2.22. The third-order valence-electron chi connectivity index (χ3n) is 2.60. The van der Waals surface area contributed by atoms with E-state index in [4.69, 9.17) is 11.8 Å². The van der Waals surface area contributed by atoms with Crippen LogP contribution in [0.25, 0.3) is 0 Å². The molecule has 1 N–H and O–H groups in total. The summed E-state index contributed by atoms with van der Waals surface area (Å²) in [6, 6.07) is 4.21. The van der Waals surface area contributed by atoms with E-state index in [2.05, 4.69) is 38.6 Å².